The maximum absolute atomic E-state index is 13.1. The fourth-order valence-electron chi connectivity index (χ4n) is 3.44. The number of nitro groups is 1. The summed E-state index contributed by atoms with van der Waals surface area (Å²) in [5, 5.41) is 15.6. The van der Waals surface area contributed by atoms with Gasteiger partial charge in [-0.05, 0) is 34.9 Å². The number of carbonyl (C=O) groups is 2. The van der Waals surface area contributed by atoms with Crippen molar-refractivity contribution in [3.05, 3.63) is 88.0 Å². The summed E-state index contributed by atoms with van der Waals surface area (Å²) in [5.74, 6) is -0.355. The Bertz CT molecular complexity index is 1110. The van der Waals surface area contributed by atoms with E-state index >= 15 is 0 Å². The number of nitrogens with one attached hydrogen (secondary N) is 1. The molecule has 0 bridgehead atoms. The summed E-state index contributed by atoms with van der Waals surface area (Å²) in [7, 11) is 0. The Morgan fingerprint density at radius 3 is 2.36 bits per heavy atom. The fraction of sp³-hybridized carbons (Fsp3) is 0.143. The average molecular weight is 375 g/mol. The van der Waals surface area contributed by atoms with Crippen LogP contribution in [0.4, 0.5) is 10.5 Å². The van der Waals surface area contributed by atoms with Crippen LogP contribution >= 0.6 is 0 Å². The summed E-state index contributed by atoms with van der Waals surface area (Å²) in [5.41, 5.74) is 0.136. The molecule has 28 heavy (non-hydrogen) atoms. The Hall–Kier alpha value is -3.74. The number of rotatable bonds is 4. The maximum Gasteiger partial charge on any atom is 0.325 e. The fourth-order valence-corrected chi connectivity index (χ4v) is 3.44. The highest BCUT2D eigenvalue weighted by Crippen LogP contribution is 2.32. The van der Waals surface area contributed by atoms with Crippen LogP contribution in [0, 0.1) is 10.1 Å². The van der Waals surface area contributed by atoms with Crippen molar-refractivity contribution >= 4 is 28.4 Å². The van der Waals surface area contributed by atoms with Crippen LogP contribution < -0.4 is 5.32 Å². The van der Waals surface area contributed by atoms with E-state index < -0.39 is 16.5 Å². The first-order chi connectivity index (χ1) is 13.4. The molecule has 1 N–H and O–H groups in total. The van der Waals surface area contributed by atoms with Crippen LogP contribution in [0.5, 0.6) is 0 Å². The van der Waals surface area contributed by atoms with Crippen LogP contribution in [-0.4, -0.2) is 21.8 Å². The molecule has 3 aromatic carbocycles. The zero-order chi connectivity index (χ0) is 19.9. The zero-order valence-electron chi connectivity index (χ0n) is 15.1. The minimum Gasteiger partial charge on any atom is -0.319 e. The van der Waals surface area contributed by atoms with Crippen molar-refractivity contribution in [2.75, 3.05) is 0 Å². The number of benzene rings is 3. The molecular weight excluding hydrogens is 358 g/mol. The monoisotopic (exact) mass is 375 g/mol. The third-order valence-corrected chi connectivity index (χ3v) is 5.09. The number of nitro benzene ring substituents is 1. The van der Waals surface area contributed by atoms with Crippen molar-refractivity contribution in [1.29, 1.82) is 0 Å². The van der Waals surface area contributed by atoms with Crippen molar-refractivity contribution in [2.45, 2.75) is 19.0 Å². The molecule has 1 fully saturated rings. The van der Waals surface area contributed by atoms with Gasteiger partial charge in [-0.2, -0.15) is 0 Å². The number of urea groups is 1. The normalized spacial score (nSPS) is 19.1. The third kappa shape index (κ3) is 2.87. The SMILES string of the molecule is C[C@]1(c2ccc3ccccc3c2)NC(=O)N(Cc2ccc([N+](=O)[O-])cc2)C1=O. The number of carbonyl (C=O) groups excluding carboxylic acids is 2. The summed E-state index contributed by atoms with van der Waals surface area (Å²) in [6.45, 7) is 1.74. The number of fused-ring (bicyclic) bond motifs is 1. The molecule has 7 nitrogen and oxygen atoms in total. The van der Waals surface area contributed by atoms with Crippen molar-refractivity contribution in [3.63, 3.8) is 0 Å². The number of amides is 3. The molecule has 1 aliphatic heterocycles. The first-order valence-electron chi connectivity index (χ1n) is 8.75. The summed E-state index contributed by atoms with van der Waals surface area (Å²) in [6.07, 6.45) is 0. The van der Waals surface area contributed by atoms with Crippen LogP contribution in [0.3, 0.4) is 0 Å². The molecule has 0 radical (unpaired) electrons. The molecule has 4 rings (SSSR count). The minimum absolute atomic E-state index is 0.0399. The molecule has 3 amide bonds. The molecule has 1 atom stereocenters. The first kappa shape index (κ1) is 17.7. The van der Waals surface area contributed by atoms with Gasteiger partial charge in [0, 0.05) is 12.1 Å². The van der Waals surface area contributed by atoms with E-state index in [0.717, 1.165) is 15.7 Å². The molecule has 1 heterocycles. The first-order valence-corrected chi connectivity index (χ1v) is 8.75. The summed E-state index contributed by atoms with van der Waals surface area (Å²) in [4.78, 5) is 37.0. The van der Waals surface area contributed by atoms with Gasteiger partial charge in [-0.1, -0.05) is 48.5 Å². The molecule has 1 saturated heterocycles. The molecule has 0 saturated carbocycles. The number of nitrogens with zero attached hydrogens (tertiary/aromatic N) is 2. The Kier molecular flexibility index (Phi) is 4.07. The van der Waals surface area contributed by atoms with Crippen LogP contribution in [-0.2, 0) is 16.9 Å². The summed E-state index contributed by atoms with van der Waals surface area (Å²) in [6, 6.07) is 18.8. The smallest absolute Gasteiger partial charge is 0.319 e. The van der Waals surface area contributed by atoms with E-state index in [0.29, 0.717) is 11.1 Å². The van der Waals surface area contributed by atoms with Crippen molar-refractivity contribution in [3.8, 4) is 0 Å². The van der Waals surface area contributed by atoms with Crippen LogP contribution in [0.15, 0.2) is 66.7 Å². The predicted molar refractivity (Wildman–Crippen MR) is 103 cm³/mol. The molecular formula is C21H17N3O4. The molecule has 0 aliphatic carbocycles. The topological polar surface area (TPSA) is 92.6 Å². The second-order valence-electron chi connectivity index (χ2n) is 6.93. The van der Waals surface area contributed by atoms with Crippen molar-refractivity contribution in [1.82, 2.24) is 10.2 Å². The van der Waals surface area contributed by atoms with Crippen LogP contribution in [0.2, 0.25) is 0 Å². The Labute approximate surface area is 160 Å². The van der Waals surface area contributed by atoms with Gasteiger partial charge in [0.15, 0.2) is 0 Å². The molecule has 3 aromatic rings. The lowest BCUT2D eigenvalue weighted by Gasteiger charge is -2.22. The number of imide groups is 1. The predicted octanol–water partition coefficient (Wildman–Crippen LogP) is 3.72. The van der Waals surface area contributed by atoms with Gasteiger partial charge in [0.05, 0.1) is 11.5 Å². The minimum atomic E-state index is -1.16. The van der Waals surface area contributed by atoms with E-state index in [1.54, 1.807) is 19.1 Å². The molecule has 0 unspecified atom stereocenters. The lowest BCUT2D eigenvalue weighted by atomic mass is 9.90. The van der Waals surface area contributed by atoms with Gasteiger partial charge in [-0.25, -0.2) is 4.79 Å². The zero-order valence-corrected chi connectivity index (χ0v) is 15.1. The van der Waals surface area contributed by atoms with Gasteiger partial charge in [0.25, 0.3) is 11.6 Å². The summed E-state index contributed by atoms with van der Waals surface area (Å²) < 4.78 is 0. The van der Waals surface area contributed by atoms with Gasteiger partial charge in [-0.3, -0.25) is 19.8 Å². The van der Waals surface area contributed by atoms with Crippen molar-refractivity contribution < 1.29 is 14.5 Å². The van der Waals surface area contributed by atoms with Gasteiger partial charge in [-0.15, -0.1) is 0 Å². The number of hydrogen-bond acceptors (Lipinski definition) is 4. The second kappa shape index (κ2) is 6.45. The maximum atomic E-state index is 13.1. The number of hydrogen-bond donors (Lipinski definition) is 1. The molecule has 1 aliphatic rings. The molecule has 140 valence electrons. The van der Waals surface area contributed by atoms with E-state index in [2.05, 4.69) is 5.32 Å². The Morgan fingerprint density at radius 1 is 1.00 bits per heavy atom. The Balaban J connectivity index is 1.62. The van der Waals surface area contributed by atoms with Gasteiger partial charge >= 0.3 is 6.03 Å². The Morgan fingerprint density at radius 2 is 1.68 bits per heavy atom. The van der Waals surface area contributed by atoms with Crippen molar-refractivity contribution in [2.24, 2.45) is 0 Å². The molecule has 0 aromatic heterocycles. The van der Waals surface area contributed by atoms with E-state index in [-0.39, 0.29) is 18.1 Å². The average Bonchev–Trinajstić information content (AvgIpc) is 2.92. The van der Waals surface area contributed by atoms with E-state index in [9.17, 15) is 19.7 Å². The van der Waals surface area contributed by atoms with Crippen LogP contribution in [0.25, 0.3) is 10.8 Å². The molecule has 0 spiro atoms. The largest absolute Gasteiger partial charge is 0.325 e. The highest BCUT2D eigenvalue weighted by Gasteiger charge is 2.48. The third-order valence-electron chi connectivity index (χ3n) is 5.09. The van der Waals surface area contributed by atoms with Gasteiger partial charge in [0.1, 0.15) is 5.54 Å². The van der Waals surface area contributed by atoms with Crippen LogP contribution in [0.1, 0.15) is 18.1 Å². The number of non-ortho nitro benzene ring substituents is 1. The van der Waals surface area contributed by atoms with E-state index in [4.69, 9.17) is 0 Å². The van der Waals surface area contributed by atoms with E-state index in [1.807, 2.05) is 42.5 Å². The quantitative estimate of drug-likeness (QED) is 0.427. The van der Waals surface area contributed by atoms with E-state index in [1.165, 1.54) is 12.1 Å². The second-order valence-corrected chi connectivity index (χ2v) is 6.93. The lowest BCUT2D eigenvalue weighted by molar-refractivity contribution is -0.384. The van der Waals surface area contributed by atoms with Gasteiger partial charge in [0.2, 0.25) is 0 Å². The highest BCUT2D eigenvalue weighted by atomic mass is 16.6. The highest BCUT2D eigenvalue weighted by molar-refractivity contribution is 6.07. The standard InChI is InChI=1S/C21H17N3O4/c1-21(17-9-8-15-4-2-3-5-16(15)12-17)19(25)23(20(26)22-21)13-14-6-10-18(11-7-14)24(27)28/h2-12H,13H2,1H3,(H,22,26)/t21-/m1/s1. The van der Waals surface area contributed by atoms with Gasteiger partial charge < -0.3 is 5.32 Å². The lowest BCUT2D eigenvalue weighted by Crippen LogP contribution is -2.40. The summed E-state index contributed by atoms with van der Waals surface area (Å²) >= 11 is 0. The molecule has 7 heteroatoms.